The number of carbonyl (C=O) groups excluding carboxylic acids is 13. The first-order valence-corrected chi connectivity index (χ1v) is 30.7. The van der Waals surface area contributed by atoms with E-state index in [-0.39, 0.29) is 51.6 Å². The number of hydrogen-bond acceptors (Lipinski definition) is 17. The summed E-state index contributed by atoms with van der Waals surface area (Å²) in [4.78, 5) is 219. The monoisotopic (exact) mass is 1290 g/mol. The van der Waals surface area contributed by atoms with Crippen LogP contribution < -0.4 is 64.6 Å². The topological polar surface area (TPSA) is 513 Å². The number of carbonyl (C=O) groups is 16. The lowest BCUT2D eigenvalue weighted by Crippen LogP contribution is -2.66. The zero-order valence-corrected chi connectivity index (χ0v) is 52.6. The summed E-state index contributed by atoms with van der Waals surface area (Å²) in [6, 6.07) is -18.3. The van der Waals surface area contributed by atoms with Gasteiger partial charge >= 0.3 is 17.9 Å². The van der Waals surface area contributed by atoms with E-state index in [9.17, 15) is 87.2 Å². The van der Waals surface area contributed by atoms with Gasteiger partial charge in [0.25, 0.3) is 0 Å². The first-order valence-electron chi connectivity index (χ1n) is 30.7. The van der Waals surface area contributed by atoms with Crippen LogP contribution in [0.4, 0.5) is 0 Å². The minimum atomic E-state index is -2.13. The van der Waals surface area contributed by atoms with Gasteiger partial charge < -0.3 is 89.8 Å². The van der Waals surface area contributed by atoms with E-state index in [1.807, 2.05) is 10.6 Å². The maximum atomic E-state index is 15.2. The molecule has 13 amide bonds. The van der Waals surface area contributed by atoms with Gasteiger partial charge in [-0.3, -0.25) is 76.7 Å². The van der Waals surface area contributed by atoms with Gasteiger partial charge in [-0.05, 0) is 77.6 Å². The molecule has 0 aromatic carbocycles. The average Bonchev–Trinajstić information content (AvgIpc) is 1.82. The molecule has 0 bridgehead atoms. The number of unbranched alkanes of at least 4 members (excludes halogenated alkanes) is 3. The van der Waals surface area contributed by atoms with Crippen molar-refractivity contribution in [3.05, 3.63) is 12.2 Å². The molecule has 0 radical (unpaired) electrons. The van der Waals surface area contributed by atoms with Crippen molar-refractivity contribution in [3.8, 4) is 0 Å². The Bertz CT molecular complexity index is 2710. The van der Waals surface area contributed by atoms with Crippen LogP contribution in [0.5, 0.6) is 0 Å². The number of primary amides is 1. The van der Waals surface area contributed by atoms with Crippen LogP contribution in [-0.2, 0) is 76.7 Å². The second-order valence-corrected chi connectivity index (χ2v) is 23.7. The molecule has 0 aromatic heterocycles. The summed E-state index contributed by atoms with van der Waals surface area (Å²) in [5.41, 5.74) is 11.7. The first-order chi connectivity index (χ1) is 42.8. The highest BCUT2D eigenvalue weighted by Gasteiger charge is 2.45. The quantitative estimate of drug-likeness (QED) is 0.0363. The first kappa shape index (κ1) is 76.5. The van der Waals surface area contributed by atoms with Crippen molar-refractivity contribution in [1.29, 1.82) is 0 Å². The van der Waals surface area contributed by atoms with Crippen LogP contribution in [0.25, 0.3) is 0 Å². The van der Waals surface area contributed by atoms with Crippen molar-refractivity contribution < 1.29 is 92.0 Å². The van der Waals surface area contributed by atoms with Gasteiger partial charge in [0.1, 0.15) is 54.4 Å². The summed E-state index contributed by atoms with van der Waals surface area (Å²) in [5.74, 6) is -21.1. The molecular weight excluding hydrogens is 1200 g/mol. The summed E-state index contributed by atoms with van der Waals surface area (Å²) < 4.78 is 0. The van der Waals surface area contributed by atoms with Crippen LogP contribution >= 0.6 is 0 Å². The summed E-state index contributed by atoms with van der Waals surface area (Å²) in [7, 11) is 0. The molecular formula is C58H92N14O19. The van der Waals surface area contributed by atoms with E-state index in [2.05, 4.69) is 56.4 Å². The highest BCUT2D eigenvalue weighted by atomic mass is 16.4. The molecule has 3 heterocycles. The number of carboxylic acid groups (broad SMARTS) is 3. The van der Waals surface area contributed by atoms with Gasteiger partial charge in [-0.15, -0.1) is 0 Å². The Balaban J connectivity index is 2.17. The lowest BCUT2D eigenvalue weighted by molar-refractivity contribution is -0.149. The number of carboxylic acids is 3. The maximum absolute atomic E-state index is 15.2. The van der Waals surface area contributed by atoms with Gasteiger partial charge in [0.15, 0.2) is 0 Å². The molecule has 0 aromatic rings. The molecule has 0 aliphatic carbocycles. The Morgan fingerprint density at radius 1 is 0.626 bits per heavy atom. The fourth-order valence-corrected chi connectivity index (χ4v) is 10.4. The molecule has 3 rings (SSSR count). The molecule has 13 atom stereocenters. The van der Waals surface area contributed by atoms with E-state index in [0.29, 0.717) is 12.3 Å². The van der Waals surface area contributed by atoms with E-state index in [1.165, 1.54) is 18.7 Å². The Labute approximate surface area is 526 Å². The van der Waals surface area contributed by atoms with Crippen LogP contribution in [0.15, 0.2) is 12.2 Å². The molecule has 0 spiro atoms. The van der Waals surface area contributed by atoms with Crippen LogP contribution in [0, 0.1) is 17.8 Å². The highest BCUT2D eigenvalue weighted by Crippen LogP contribution is 2.24. The van der Waals surface area contributed by atoms with Crippen LogP contribution in [0.1, 0.15) is 145 Å². The molecule has 3 aliphatic rings. The van der Waals surface area contributed by atoms with E-state index in [0.717, 1.165) is 43.9 Å². The summed E-state index contributed by atoms with van der Waals surface area (Å²) in [6.45, 7) is 8.77. The minimum absolute atomic E-state index is 0.0286. The number of nitrogens with zero attached hydrogens (tertiary/aromatic N) is 2. The van der Waals surface area contributed by atoms with E-state index in [4.69, 9.17) is 11.5 Å². The molecule has 3 fully saturated rings. The molecule has 0 saturated carbocycles. The third-order valence-electron chi connectivity index (χ3n) is 15.9. The minimum Gasteiger partial charge on any atom is -0.481 e. The normalized spacial score (nSPS) is 25.6. The molecule has 33 nitrogen and oxygen atoms in total. The number of nitrogens with one attached hydrogen (secondary N) is 10. The number of fused-ring (bicyclic) bond motifs is 2. The van der Waals surface area contributed by atoms with Crippen LogP contribution in [0.3, 0.4) is 0 Å². The molecule has 3 aliphatic heterocycles. The van der Waals surface area contributed by atoms with E-state index < -0.39 is 205 Å². The summed E-state index contributed by atoms with van der Waals surface area (Å²) in [6.07, 6.45) is 6.44. The van der Waals surface area contributed by atoms with Gasteiger partial charge in [0, 0.05) is 25.6 Å². The predicted molar refractivity (Wildman–Crippen MR) is 321 cm³/mol. The average molecular weight is 1290 g/mol. The third-order valence-corrected chi connectivity index (χ3v) is 15.9. The number of hydrogen-bond donors (Lipinski definition) is 15. The largest absolute Gasteiger partial charge is 0.481 e. The number of nitrogens with two attached hydrogens (primary N) is 2. The summed E-state index contributed by atoms with van der Waals surface area (Å²) >= 11 is 0. The number of rotatable bonds is 22. The van der Waals surface area contributed by atoms with Gasteiger partial charge in [0.05, 0.1) is 44.3 Å². The number of allylic oxidation sites excluding steroid dienone is 1. The van der Waals surface area contributed by atoms with Crippen LogP contribution in [0.2, 0.25) is 0 Å². The number of amides is 13. The highest BCUT2D eigenvalue weighted by molar-refractivity contribution is 6.01. The fraction of sp³-hybridized carbons (Fsp3) is 0.690. The van der Waals surface area contributed by atoms with Crippen molar-refractivity contribution in [2.45, 2.75) is 211 Å². The van der Waals surface area contributed by atoms with E-state index in [1.54, 1.807) is 26.0 Å². The van der Waals surface area contributed by atoms with Crippen molar-refractivity contribution >= 4 is 94.7 Å². The van der Waals surface area contributed by atoms with Gasteiger partial charge in [-0.2, -0.15) is 0 Å². The van der Waals surface area contributed by atoms with Gasteiger partial charge in [-0.25, -0.2) is 0 Å². The SMILES string of the molecule is CCC(C)CCCCC/C=C/CC(=O)NC(CC(N)=O)C(=O)NC1C(=O)N2CCCC[C@@H]2C(=O)N[C@@H]([C@H](C)C(=O)O)C(=O)N[C@@H](CC(=O)O)C(=O)NCC(=O)N[C@@H](CC(=O)O)C(=O)NCC(=O)N[C@H]([C@@H](C)N)C(=O)N[C@@H](C(C)C)C(=O)N2CCC[C@H]2C(=O)N[C@@H]1C. The Morgan fingerprint density at radius 3 is 1.73 bits per heavy atom. The maximum Gasteiger partial charge on any atom is 0.308 e. The lowest BCUT2D eigenvalue weighted by Gasteiger charge is -2.39. The second-order valence-electron chi connectivity index (χ2n) is 23.7. The second kappa shape index (κ2) is 37.4. The van der Waals surface area contributed by atoms with Crippen LogP contribution in [-0.4, -0.2) is 212 Å². The third kappa shape index (κ3) is 24.8. The standard InChI is InChI=1S/C58H92N14O19/c1-8-30(4)18-13-11-9-10-12-14-21-40(74)64-34(24-39(60)73)51(83)70-48-33(7)63-52(84)38-20-17-23-72(38)56(88)45(29(2)3)68-55(87)47(32(6)59)67-42(76)28-62-49(81)35(25-43(77)78)65-41(75)27-61-50(82)36(26-44(79)80)66-54(86)46(31(5)58(90)91)69-53(85)37-19-15-16-22-71(37)57(48)89/h12,14,29-38,45-48H,8-11,13,15-28,59H2,1-7H3,(H2,60,73)(H,61,82)(H,62,81)(H,63,84)(H,64,74)(H,65,75)(H,66,86)(H,67,76)(H,68,87)(H,69,85)(H,70,83)(H,77,78)(H,79,80)(H,90,91)/b14-12+/t30?,31-,32+,33+,34?,35-,36-,37+,38-,45-,46-,47+,48?/m0/s1. The van der Waals surface area contributed by atoms with Crippen molar-refractivity contribution in [3.63, 3.8) is 0 Å². The molecule has 91 heavy (non-hydrogen) atoms. The Kier molecular flexibility index (Phi) is 31.4. The zero-order valence-electron chi connectivity index (χ0n) is 52.6. The number of aliphatic carboxylic acids is 3. The predicted octanol–water partition coefficient (Wildman–Crippen LogP) is -4.01. The molecule has 3 saturated heterocycles. The van der Waals surface area contributed by atoms with Crippen molar-refractivity contribution in [1.82, 2.24) is 63.0 Å². The molecule has 508 valence electrons. The molecule has 3 unspecified atom stereocenters. The van der Waals surface area contributed by atoms with Gasteiger partial charge in [0.2, 0.25) is 76.8 Å². The molecule has 33 heteroatoms. The van der Waals surface area contributed by atoms with Crippen molar-refractivity contribution in [2.24, 2.45) is 29.2 Å². The van der Waals surface area contributed by atoms with E-state index >= 15 is 4.79 Å². The van der Waals surface area contributed by atoms with Gasteiger partial charge in [-0.1, -0.05) is 65.5 Å². The zero-order chi connectivity index (χ0) is 68.4. The summed E-state index contributed by atoms with van der Waals surface area (Å²) in [5, 5.41) is 52.5. The molecule has 17 N–H and O–H groups in total. The Morgan fingerprint density at radius 2 is 1.16 bits per heavy atom. The van der Waals surface area contributed by atoms with Crippen molar-refractivity contribution in [2.75, 3.05) is 26.2 Å². The fourth-order valence-electron chi connectivity index (χ4n) is 10.4. The lowest BCUT2D eigenvalue weighted by atomic mass is 9.96. The Hall–Kier alpha value is -8.78. The number of piperidine rings is 1. The smallest absolute Gasteiger partial charge is 0.308 e.